The number of rotatable bonds is 4. The maximum absolute atomic E-state index is 13.5. The molecule has 0 spiro atoms. The highest BCUT2D eigenvalue weighted by molar-refractivity contribution is 8.18. The second kappa shape index (κ2) is 10.1. The molecule has 194 valence electrons. The quantitative estimate of drug-likeness (QED) is 0.488. The molecule has 5 rings (SSSR count). The molecule has 7 nitrogen and oxygen atoms in total. The predicted octanol–water partition coefficient (Wildman–Crippen LogP) is 4.34. The Labute approximate surface area is 220 Å². The smallest absolute Gasteiger partial charge is 0.395 e. The summed E-state index contributed by atoms with van der Waals surface area (Å²) in [6.45, 7) is 2.04. The lowest BCUT2D eigenvalue weighted by molar-refractivity contribution is -0.138. The SMILES string of the molecule is CN1CCN(C2=NC(=O)C(=Cc3ccc4c(cnn4Cc4ccc(Cl)cc4C(F)(F)F)c3)S2)C[C@@H]1CO. The Morgan fingerprint density at radius 1 is 1.22 bits per heavy atom. The zero-order valence-corrected chi connectivity index (χ0v) is 21.3. The summed E-state index contributed by atoms with van der Waals surface area (Å²) < 4.78 is 42.0. The number of hydrogen-bond donors (Lipinski definition) is 1. The van der Waals surface area contributed by atoms with E-state index < -0.39 is 11.7 Å². The second-order valence-electron chi connectivity index (χ2n) is 8.99. The predicted molar refractivity (Wildman–Crippen MR) is 138 cm³/mol. The molecule has 0 aliphatic carbocycles. The minimum absolute atomic E-state index is 0.0146. The van der Waals surface area contributed by atoms with Crippen LogP contribution in [-0.4, -0.2) is 75.1 Å². The number of benzene rings is 2. The zero-order chi connectivity index (χ0) is 26.3. The summed E-state index contributed by atoms with van der Waals surface area (Å²) in [5.74, 6) is -0.322. The molecule has 2 aliphatic heterocycles. The van der Waals surface area contributed by atoms with Gasteiger partial charge in [-0.05, 0) is 60.3 Å². The molecule has 2 aromatic carbocycles. The van der Waals surface area contributed by atoms with Crippen LogP contribution < -0.4 is 0 Å². The molecule has 1 atom stereocenters. The molecule has 1 amide bonds. The fourth-order valence-electron chi connectivity index (χ4n) is 4.43. The van der Waals surface area contributed by atoms with Crippen molar-refractivity contribution in [3.8, 4) is 0 Å². The number of nitrogens with zero attached hydrogens (tertiary/aromatic N) is 5. The third kappa shape index (κ3) is 5.40. The molecule has 12 heteroatoms. The zero-order valence-electron chi connectivity index (χ0n) is 19.7. The van der Waals surface area contributed by atoms with Gasteiger partial charge in [0, 0.05) is 30.0 Å². The number of amides is 1. The Morgan fingerprint density at radius 2 is 2.03 bits per heavy atom. The van der Waals surface area contributed by atoms with Crippen LogP contribution in [0.1, 0.15) is 16.7 Å². The van der Waals surface area contributed by atoms with Crippen molar-refractivity contribution in [1.82, 2.24) is 19.6 Å². The summed E-state index contributed by atoms with van der Waals surface area (Å²) in [5.41, 5.74) is 0.704. The summed E-state index contributed by atoms with van der Waals surface area (Å²) in [6, 6.07) is 9.11. The van der Waals surface area contributed by atoms with Crippen LogP contribution in [-0.2, 0) is 17.5 Å². The molecule has 3 heterocycles. The highest BCUT2D eigenvalue weighted by Crippen LogP contribution is 2.35. The van der Waals surface area contributed by atoms with Gasteiger partial charge in [-0.1, -0.05) is 23.7 Å². The number of aliphatic imine (C=N–C) groups is 1. The normalized spacial score (nSPS) is 20.3. The van der Waals surface area contributed by atoms with Gasteiger partial charge < -0.3 is 10.0 Å². The number of aliphatic hydroxyl groups excluding tert-OH is 1. The van der Waals surface area contributed by atoms with Crippen molar-refractivity contribution in [1.29, 1.82) is 0 Å². The number of piperazine rings is 1. The van der Waals surface area contributed by atoms with Gasteiger partial charge in [0.1, 0.15) is 0 Å². The first-order valence-corrected chi connectivity index (χ1v) is 12.7. The molecule has 3 aromatic rings. The molecule has 0 unspecified atom stereocenters. The van der Waals surface area contributed by atoms with Crippen molar-refractivity contribution in [2.75, 3.05) is 33.3 Å². The van der Waals surface area contributed by atoms with E-state index in [9.17, 15) is 23.1 Å². The lowest BCUT2D eigenvalue weighted by Crippen LogP contribution is -2.53. The molecule has 1 N–H and O–H groups in total. The van der Waals surface area contributed by atoms with Crippen molar-refractivity contribution < 1.29 is 23.1 Å². The van der Waals surface area contributed by atoms with Crippen molar-refractivity contribution in [3.05, 3.63) is 69.2 Å². The van der Waals surface area contributed by atoms with Crippen LogP contribution in [0, 0.1) is 0 Å². The molecule has 0 radical (unpaired) electrons. The van der Waals surface area contributed by atoms with E-state index in [1.807, 2.05) is 18.0 Å². The van der Waals surface area contributed by atoms with Gasteiger partial charge in [0.05, 0.1) is 41.4 Å². The number of likely N-dealkylation sites (N-methyl/N-ethyl adjacent to an activating group) is 1. The summed E-state index contributed by atoms with van der Waals surface area (Å²) in [4.78, 5) is 21.4. The summed E-state index contributed by atoms with van der Waals surface area (Å²) >= 11 is 7.09. The molecule has 37 heavy (non-hydrogen) atoms. The van der Waals surface area contributed by atoms with Crippen LogP contribution in [0.25, 0.3) is 17.0 Å². The minimum Gasteiger partial charge on any atom is -0.395 e. The maximum Gasteiger partial charge on any atom is 0.416 e. The van der Waals surface area contributed by atoms with E-state index in [0.717, 1.165) is 23.6 Å². The van der Waals surface area contributed by atoms with Gasteiger partial charge in [-0.25, -0.2) is 0 Å². The van der Waals surface area contributed by atoms with Gasteiger partial charge in [-0.3, -0.25) is 14.4 Å². The Bertz CT molecular complexity index is 1420. The number of aromatic nitrogens is 2. The number of carbonyl (C=O) groups excluding carboxylic acids is 1. The standard InChI is InChI=1S/C25H23ClF3N5O2S/c1-32-6-7-33(13-19(32)14-35)24-31-23(36)22(37-24)9-15-2-5-21-17(8-15)11-30-34(21)12-16-3-4-18(26)10-20(16)25(27,28)29/h2-5,8-11,19,35H,6-7,12-14H2,1H3/t19-/m1/s1. The van der Waals surface area contributed by atoms with Gasteiger partial charge in [-0.15, -0.1) is 0 Å². The van der Waals surface area contributed by atoms with Crippen LogP contribution in [0.4, 0.5) is 13.2 Å². The number of hydrogen-bond acceptors (Lipinski definition) is 6. The average molecular weight is 550 g/mol. The first-order chi connectivity index (χ1) is 17.6. The van der Waals surface area contributed by atoms with E-state index in [2.05, 4.69) is 15.0 Å². The lowest BCUT2D eigenvalue weighted by atomic mass is 10.1. The van der Waals surface area contributed by atoms with Crippen LogP contribution in [0.5, 0.6) is 0 Å². The van der Waals surface area contributed by atoms with Crippen LogP contribution in [0.15, 0.2) is 52.5 Å². The summed E-state index contributed by atoms with van der Waals surface area (Å²) in [7, 11) is 1.96. The van der Waals surface area contributed by atoms with Gasteiger partial charge in [0.15, 0.2) is 5.17 Å². The molecule has 1 saturated heterocycles. The Hall–Kier alpha value is -2.86. The Kier molecular flexibility index (Phi) is 7.06. The number of fused-ring (bicyclic) bond motifs is 1. The van der Waals surface area contributed by atoms with Crippen molar-refractivity contribution >= 4 is 51.4 Å². The fourth-order valence-corrected chi connectivity index (χ4v) is 5.55. The van der Waals surface area contributed by atoms with Crippen molar-refractivity contribution in [3.63, 3.8) is 0 Å². The molecule has 1 fully saturated rings. The monoisotopic (exact) mass is 549 g/mol. The van der Waals surface area contributed by atoms with Gasteiger partial charge in [0.25, 0.3) is 5.91 Å². The van der Waals surface area contributed by atoms with E-state index in [1.165, 1.54) is 28.6 Å². The van der Waals surface area contributed by atoms with Crippen LogP contribution in [0.3, 0.4) is 0 Å². The topological polar surface area (TPSA) is 74.0 Å². The van der Waals surface area contributed by atoms with E-state index in [-0.39, 0.29) is 35.7 Å². The van der Waals surface area contributed by atoms with Crippen molar-refractivity contribution in [2.45, 2.75) is 18.8 Å². The highest BCUT2D eigenvalue weighted by Gasteiger charge is 2.34. The van der Waals surface area contributed by atoms with Gasteiger partial charge >= 0.3 is 6.18 Å². The maximum atomic E-state index is 13.5. The Balaban J connectivity index is 1.34. The molecule has 1 aromatic heterocycles. The molecular formula is C25H23ClF3N5O2S. The van der Waals surface area contributed by atoms with Crippen molar-refractivity contribution in [2.24, 2.45) is 4.99 Å². The second-order valence-corrected chi connectivity index (χ2v) is 10.4. The number of amidine groups is 1. The first-order valence-electron chi connectivity index (χ1n) is 11.5. The highest BCUT2D eigenvalue weighted by atomic mass is 35.5. The molecule has 0 bridgehead atoms. The third-order valence-electron chi connectivity index (χ3n) is 6.53. The van der Waals surface area contributed by atoms with E-state index in [4.69, 9.17) is 11.6 Å². The molecule has 2 aliphatic rings. The van der Waals surface area contributed by atoms with E-state index in [0.29, 0.717) is 28.7 Å². The number of alkyl halides is 3. The number of halogens is 4. The third-order valence-corrected chi connectivity index (χ3v) is 7.81. The van der Waals surface area contributed by atoms with E-state index in [1.54, 1.807) is 24.4 Å². The summed E-state index contributed by atoms with van der Waals surface area (Å²) in [5, 5.41) is 15.3. The number of aliphatic hydroxyl groups is 1. The van der Waals surface area contributed by atoms with E-state index >= 15 is 0 Å². The van der Waals surface area contributed by atoms with Gasteiger partial charge in [0.2, 0.25) is 0 Å². The molecular weight excluding hydrogens is 527 g/mol. The number of carbonyl (C=O) groups is 1. The van der Waals surface area contributed by atoms with Crippen LogP contribution in [0.2, 0.25) is 5.02 Å². The van der Waals surface area contributed by atoms with Crippen LogP contribution >= 0.6 is 23.4 Å². The number of thioether (sulfide) groups is 1. The lowest BCUT2D eigenvalue weighted by Gasteiger charge is -2.39. The first kappa shape index (κ1) is 25.8. The Morgan fingerprint density at radius 3 is 2.78 bits per heavy atom. The molecule has 0 saturated carbocycles. The average Bonchev–Trinajstić information content (AvgIpc) is 3.42. The summed E-state index contributed by atoms with van der Waals surface area (Å²) in [6.07, 6.45) is -1.19. The fraction of sp³-hybridized carbons (Fsp3) is 0.320. The van der Waals surface area contributed by atoms with Gasteiger partial charge in [-0.2, -0.15) is 23.3 Å². The largest absolute Gasteiger partial charge is 0.416 e. The minimum atomic E-state index is -4.53.